The quantitative estimate of drug-likeness (QED) is 0.691. The molecule has 0 saturated heterocycles. The molecule has 1 aliphatic rings. The van der Waals surface area contributed by atoms with Crippen LogP contribution in [-0.2, 0) is 24.1 Å². The minimum Gasteiger partial charge on any atom is -0.342 e. The van der Waals surface area contributed by atoms with Gasteiger partial charge in [-0.2, -0.15) is 0 Å². The fraction of sp³-hybridized carbons (Fsp3) is 0.353. The van der Waals surface area contributed by atoms with Crippen molar-refractivity contribution in [1.29, 1.82) is 0 Å². The fourth-order valence-electron chi connectivity index (χ4n) is 3.14. The Kier molecular flexibility index (Phi) is 3.95. The summed E-state index contributed by atoms with van der Waals surface area (Å²) in [6.07, 6.45) is 4.43. The molecule has 0 bridgehead atoms. The van der Waals surface area contributed by atoms with Crippen molar-refractivity contribution in [2.24, 2.45) is 14.1 Å². The topological polar surface area (TPSA) is 119 Å². The van der Waals surface area contributed by atoms with E-state index in [2.05, 4.69) is 14.7 Å². The van der Waals surface area contributed by atoms with Crippen LogP contribution in [0.25, 0.3) is 11.0 Å². The molecule has 1 aliphatic carbocycles. The lowest BCUT2D eigenvalue weighted by Gasteiger charge is -2.22. The zero-order chi connectivity index (χ0) is 19.3. The summed E-state index contributed by atoms with van der Waals surface area (Å²) < 4.78 is 29.6. The van der Waals surface area contributed by atoms with Crippen LogP contribution in [0.5, 0.6) is 0 Å². The lowest BCUT2D eigenvalue weighted by molar-refractivity contribution is 0.405. The second kappa shape index (κ2) is 6.08. The third-order valence-electron chi connectivity index (χ3n) is 4.95. The van der Waals surface area contributed by atoms with Crippen LogP contribution in [-0.4, -0.2) is 27.5 Å². The third kappa shape index (κ3) is 2.95. The minimum atomic E-state index is -4.15. The van der Waals surface area contributed by atoms with Gasteiger partial charge in [-0.25, -0.2) is 18.2 Å². The highest BCUT2D eigenvalue weighted by molar-refractivity contribution is 7.92. The summed E-state index contributed by atoms with van der Waals surface area (Å²) >= 11 is 0. The number of aromatic amines is 1. The molecule has 0 radical (unpaired) electrons. The van der Waals surface area contributed by atoms with E-state index in [1.54, 1.807) is 18.2 Å². The summed E-state index contributed by atoms with van der Waals surface area (Å²) in [5, 5.41) is 0. The van der Waals surface area contributed by atoms with Crippen molar-refractivity contribution in [3.05, 3.63) is 51.1 Å². The first kappa shape index (κ1) is 17.5. The van der Waals surface area contributed by atoms with Crippen LogP contribution in [0.2, 0.25) is 0 Å². The number of imidazole rings is 1. The van der Waals surface area contributed by atoms with Gasteiger partial charge in [0, 0.05) is 26.2 Å². The molecule has 1 saturated carbocycles. The third-order valence-corrected chi connectivity index (χ3v) is 6.31. The standard InChI is InChI=1S/C17H19N5O4S/c1-21-9-14(16(23)22(2)17(21)24)27(25,26)20-11-6-7-12-13(8-11)19-15(18-12)10-4-3-5-10/h6-10,20H,3-5H2,1-2H3,(H,18,19). The van der Waals surface area contributed by atoms with E-state index >= 15 is 0 Å². The Bertz CT molecular complexity index is 1260. The molecule has 142 valence electrons. The van der Waals surface area contributed by atoms with E-state index in [-0.39, 0.29) is 0 Å². The van der Waals surface area contributed by atoms with E-state index in [1.807, 2.05) is 0 Å². The molecule has 2 heterocycles. The molecule has 0 atom stereocenters. The number of aryl methyl sites for hydroxylation is 1. The van der Waals surface area contributed by atoms with Gasteiger partial charge in [0.2, 0.25) is 0 Å². The number of H-pyrrole nitrogens is 1. The predicted octanol–water partition coefficient (Wildman–Crippen LogP) is 1.03. The zero-order valence-corrected chi connectivity index (χ0v) is 15.7. The van der Waals surface area contributed by atoms with Crippen molar-refractivity contribution in [2.75, 3.05) is 4.72 Å². The van der Waals surface area contributed by atoms with E-state index in [0.717, 1.165) is 45.0 Å². The van der Waals surface area contributed by atoms with Crippen LogP contribution in [0, 0.1) is 0 Å². The molecule has 1 fully saturated rings. The van der Waals surface area contributed by atoms with E-state index in [4.69, 9.17) is 0 Å². The highest BCUT2D eigenvalue weighted by Crippen LogP contribution is 2.35. The number of nitrogens with one attached hydrogen (secondary N) is 2. The van der Waals surface area contributed by atoms with Gasteiger partial charge in [0.25, 0.3) is 15.6 Å². The molecule has 0 aliphatic heterocycles. The Morgan fingerprint density at radius 2 is 1.96 bits per heavy atom. The van der Waals surface area contributed by atoms with Crippen molar-refractivity contribution < 1.29 is 8.42 Å². The van der Waals surface area contributed by atoms with Crippen LogP contribution in [0.4, 0.5) is 5.69 Å². The van der Waals surface area contributed by atoms with Gasteiger partial charge in [0.15, 0.2) is 4.90 Å². The molecule has 0 unspecified atom stereocenters. The summed E-state index contributed by atoms with van der Waals surface area (Å²) in [7, 11) is -1.53. The predicted molar refractivity (Wildman–Crippen MR) is 100 cm³/mol. The molecule has 2 N–H and O–H groups in total. The fourth-order valence-corrected chi connectivity index (χ4v) is 4.35. The lowest BCUT2D eigenvalue weighted by Crippen LogP contribution is -2.40. The molecule has 9 nitrogen and oxygen atoms in total. The van der Waals surface area contributed by atoms with Gasteiger partial charge in [0.1, 0.15) is 5.82 Å². The Balaban J connectivity index is 1.70. The van der Waals surface area contributed by atoms with Gasteiger partial charge in [-0.05, 0) is 31.0 Å². The van der Waals surface area contributed by atoms with Gasteiger partial charge in [-0.3, -0.25) is 14.1 Å². The number of hydrogen-bond donors (Lipinski definition) is 2. The summed E-state index contributed by atoms with van der Waals surface area (Å²) in [5.74, 6) is 1.36. The maximum atomic E-state index is 12.7. The maximum absolute atomic E-state index is 12.7. The molecule has 3 aromatic rings. The second-order valence-corrected chi connectivity index (χ2v) is 8.49. The largest absolute Gasteiger partial charge is 0.342 e. The lowest BCUT2D eigenvalue weighted by atomic mass is 9.85. The average Bonchev–Trinajstić information content (AvgIpc) is 2.96. The van der Waals surface area contributed by atoms with Crippen molar-refractivity contribution in [3.63, 3.8) is 0 Å². The SMILES string of the molecule is Cn1cc(S(=O)(=O)Nc2ccc3nc(C4CCC4)[nH]c3c2)c(=O)n(C)c1=O. The summed E-state index contributed by atoms with van der Waals surface area (Å²) in [6, 6.07) is 4.97. The first-order valence-corrected chi connectivity index (χ1v) is 10.0. The van der Waals surface area contributed by atoms with E-state index in [9.17, 15) is 18.0 Å². The number of hydrogen-bond acceptors (Lipinski definition) is 5. The van der Waals surface area contributed by atoms with Crippen LogP contribution in [0.15, 0.2) is 38.9 Å². The smallest absolute Gasteiger partial charge is 0.330 e. The molecular weight excluding hydrogens is 370 g/mol. The Morgan fingerprint density at radius 3 is 2.63 bits per heavy atom. The van der Waals surface area contributed by atoms with Gasteiger partial charge in [0.05, 0.1) is 16.7 Å². The molecular formula is C17H19N5O4S. The van der Waals surface area contributed by atoms with Gasteiger partial charge >= 0.3 is 5.69 Å². The first-order chi connectivity index (χ1) is 12.8. The zero-order valence-electron chi connectivity index (χ0n) is 14.9. The molecule has 1 aromatic carbocycles. The number of nitrogens with zero attached hydrogens (tertiary/aromatic N) is 3. The van der Waals surface area contributed by atoms with E-state index in [0.29, 0.717) is 11.6 Å². The summed E-state index contributed by atoms with van der Waals surface area (Å²) in [5.41, 5.74) is 0.326. The average molecular weight is 389 g/mol. The van der Waals surface area contributed by atoms with Crippen LogP contribution >= 0.6 is 0 Å². The first-order valence-electron chi connectivity index (χ1n) is 8.55. The number of sulfonamides is 1. The summed E-state index contributed by atoms with van der Waals surface area (Å²) in [6.45, 7) is 0. The minimum absolute atomic E-state index is 0.308. The van der Waals surface area contributed by atoms with Gasteiger partial charge in [-0.15, -0.1) is 0 Å². The van der Waals surface area contributed by atoms with Crippen LogP contribution in [0.1, 0.15) is 31.0 Å². The highest BCUT2D eigenvalue weighted by atomic mass is 32.2. The van der Waals surface area contributed by atoms with Crippen LogP contribution < -0.4 is 16.0 Å². The molecule has 4 rings (SSSR count). The molecule has 10 heteroatoms. The van der Waals surface area contributed by atoms with Crippen molar-refractivity contribution >= 4 is 26.7 Å². The van der Waals surface area contributed by atoms with Crippen molar-refractivity contribution in [3.8, 4) is 0 Å². The van der Waals surface area contributed by atoms with Gasteiger partial charge in [-0.1, -0.05) is 6.42 Å². The van der Waals surface area contributed by atoms with E-state index < -0.39 is 26.2 Å². The molecule has 27 heavy (non-hydrogen) atoms. The summed E-state index contributed by atoms with van der Waals surface area (Å²) in [4.78, 5) is 31.3. The number of fused-ring (bicyclic) bond motifs is 1. The number of benzene rings is 1. The highest BCUT2D eigenvalue weighted by Gasteiger charge is 2.24. The number of anilines is 1. The monoisotopic (exact) mass is 389 g/mol. The maximum Gasteiger partial charge on any atom is 0.330 e. The van der Waals surface area contributed by atoms with Crippen molar-refractivity contribution in [1.82, 2.24) is 19.1 Å². The second-order valence-electron chi connectivity index (χ2n) is 6.84. The van der Waals surface area contributed by atoms with Crippen molar-refractivity contribution in [2.45, 2.75) is 30.1 Å². The molecule has 0 spiro atoms. The Labute approximate surface area is 154 Å². The van der Waals surface area contributed by atoms with Crippen LogP contribution in [0.3, 0.4) is 0 Å². The van der Waals surface area contributed by atoms with E-state index in [1.165, 1.54) is 20.5 Å². The Morgan fingerprint density at radius 1 is 1.22 bits per heavy atom. The molecule has 0 amide bonds. The molecule has 2 aromatic heterocycles. The Hall–Kier alpha value is -2.88. The number of rotatable bonds is 4. The normalized spacial score (nSPS) is 15.0. The number of aromatic nitrogens is 4. The van der Waals surface area contributed by atoms with Gasteiger partial charge < -0.3 is 9.55 Å².